The number of carbonyl (C=O) groups excluding carboxylic acids is 1. The van der Waals surface area contributed by atoms with E-state index in [1.807, 2.05) is 12.3 Å². The van der Waals surface area contributed by atoms with E-state index in [9.17, 15) is 4.79 Å². The van der Waals surface area contributed by atoms with Crippen molar-refractivity contribution in [1.29, 1.82) is 0 Å². The number of aromatic amines is 1. The number of amides is 1. The molecular formula is C26H31N7O4. The molecule has 2 N–H and O–H groups in total. The van der Waals surface area contributed by atoms with Gasteiger partial charge in [0.25, 0.3) is 5.91 Å². The highest BCUT2D eigenvalue weighted by Crippen LogP contribution is 2.44. The lowest BCUT2D eigenvalue weighted by Crippen LogP contribution is -2.36. The highest BCUT2D eigenvalue weighted by Gasteiger charge is 2.55. The summed E-state index contributed by atoms with van der Waals surface area (Å²) in [6.07, 6.45) is 7.80. The zero-order valence-corrected chi connectivity index (χ0v) is 20.6. The molecule has 11 nitrogen and oxygen atoms in total. The molecule has 1 amide bonds. The van der Waals surface area contributed by atoms with Gasteiger partial charge in [-0.2, -0.15) is 15.0 Å². The molecule has 0 radical (unpaired) electrons. The molecular weight excluding hydrogens is 474 g/mol. The molecule has 194 valence electrons. The van der Waals surface area contributed by atoms with E-state index in [2.05, 4.69) is 47.4 Å². The molecule has 3 aliphatic heterocycles. The first-order valence-corrected chi connectivity index (χ1v) is 13.3. The summed E-state index contributed by atoms with van der Waals surface area (Å²) in [5.41, 5.74) is 2.23. The molecule has 6 heterocycles. The van der Waals surface area contributed by atoms with Crippen LogP contribution in [-0.2, 0) is 9.47 Å². The minimum Gasteiger partial charge on any atom is -0.461 e. The number of pyridine rings is 1. The van der Waals surface area contributed by atoms with Crippen LogP contribution in [-0.4, -0.2) is 82.5 Å². The molecule has 0 bridgehead atoms. The lowest BCUT2D eigenvalue weighted by molar-refractivity contribution is 0.0642. The summed E-state index contributed by atoms with van der Waals surface area (Å²) in [4.78, 5) is 36.5. The molecule has 3 saturated heterocycles. The summed E-state index contributed by atoms with van der Waals surface area (Å²) in [5, 5.41) is 4.27. The van der Waals surface area contributed by atoms with Crippen LogP contribution in [0.1, 0.15) is 47.8 Å². The lowest BCUT2D eigenvalue weighted by atomic mass is 9.89. The van der Waals surface area contributed by atoms with Crippen molar-refractivity contribution in [3.63, 3.8) is 0 Å². The van der Waals surface area contributed by atoms with E-state index < -0.39 is 0 Å². The Morgan fingerprint density at radius 2 is 2.03 bits per heavy atom. The number of rotatable bonds is 7. The van der Waals surface area contributed by atoms with Crippen molar-refractivity contribution in [3.8, 4) is 6.01 Å². The lowest BCUT2D eigenvalue weighted by Gasteiger charge is -2.32. The summed E-state index contributed by atoms with van der Waals surface area (Å²) < 4.78 is 17.0. The monoisotopic (exact) mass is 505 g/mol. The Kier molecular flexibility index (Phi) is 5.89. The number of anilines is 1. The molecule has 4 aliphatic rings. The average molecular weight is 506 g/mol. The fraction of sp³-hybridized carbons (Fsp3) is 0.577. The maximum Gasteiger partial charge on any atom is 0.322 e. The third kappa shape index (κ3) is 4.50. The first kappa shape index (κ1) is 22.9. The zero-order valence-electron chi connectivity index (χ0n) is 20.6. The van der Waals surface area contributed by atoms with E-state index in [1.54, 1.807) is 0 Å². The van der Waals surface area contributed by atoms with Crippen LogP contribution in [0.2, 0.25) is 0 Å². The van der Waals surface area contributed by atoms with Gasteiger partial charge in [0.15, 0.2) is 0 Å². The molecule has 7 rings (SSSR count). The Labute approximate surface area is 214 Å². The van der Waals surface area contributed by atoms with Gasteiger partial charge in [0.2, 0.25) is 11.8 Å². The minimum atomic E-state index is -0.286. The summed E-state index contributed by atoms with van der Waals surface area (Å²) in [7, 11) is 0. The van der Waals surface area contributed by atoms with Crippen LogP contribution in [0.5, 0.6) is 6.01 Å². The molecule has 4 fully saturated rings. The fourth-order valence-electron chi connectivity index (χ4n) is 5.97. The van der Waals surface area contributed by atoms with Gasteiger partial charge >= 0.3 is 6.01 Å². The Hall–Kier alpha value is -3.31. The predicted molar refractivity (Wildman–Crippen MR) is 134 cm³/mol. The second-order valence-corrected chi connectivity index (χ2v) is 10.5. The van der Waals surface area contributed by atoms with Gasteiger partial charge in [0, 0.05) is 55.4 Å². The molecule has 3 aromatic rings. The molecule has 37 heavy (non-hydrogen) atoms. The molecule has 0 spiro atoms. The topological polar surface area (TPSA) is 127 Å². The highest BCUT2D eigenvalue weighted by atomic mass is 16.5. The molecule has 11 heteroatoms. The SMILES string of the molecule is O=C(N[C@H]1[C@@H]2COC[C@@H]21)c1nc(OC[C@H]2CCCO2)nc(N2CCC(c3c[nH]c4ncccc34)CC2)n1. The van der Waals surface area contributed by atoms with Gasteiger partial charge in [-0.3, -0.25) is 4.79 Å². The van der Waals surface area contributed by atoms with Gasteiger partial charge in [0.1, 0.15) is 12.3 Å². The number of nitrogens with one attached hydrogen (secondary N) is 2. The van der Waals surface area contributed by atoms with Crippen molar-refractivity contribution < 1.29 is 19.0 Å². The molecule has 0 unspecified atom stereocenters. The van der Waals surface area contributed by atoms with Gasteiger partial charge in [-0.05, 0) is 49.3 Å². The standard InChI is InChI=1S/C26H31N7O4/c34-24(29-21-19-13-35-14-20(19)21)23-30-25(32-26(31-23)37-12-16-3-2-10-36-16)33-8-5-15(6-9-33)18-11-28-22-17(18)4-1-7-27-22/h1,4,7,11,15-16,19-21H,2-3,5-6,8-10,12-14H2,(H,27,28)(H,29,34)/t16-,19-,20+,21+/m1/s1. The first-order valence-electron chi connectivity index (χ1n) is 13.3. The number of hydrogen-bond donors (Lipinski definition) is 2. The molecule has 1 aliphatic carbocycles. The molecule has 3 aromatic heterocycles. The van der Waals surface area contributed by atoms with Crippen molar-refractivity contribution >= 4 is 22.9 Å². The van der Waals surface area contributed by atoms with E-state index in [1.165, 1.54) is 10.9 Å². The minimum absolute atomic E-state index is 0.0322. The maximum atomic E-state index is 13.1. The smallest absolute Gasteiger partial charge is 0.322 e. The quantitative estimate of drug-likeness (QED) is 0.496. The Morgan fingerprint density at radius 3 is 2.84 bits per heavy atom. The first-order chi connectivity index (χ1) is 18.2. The zero-order chi connectivity index (χ0) is 24.8. The van der Waals surface area contributed by atoms with Crippen LogP contribution in [0, 0.1) is 11.8 Å². The third-order valence-corrected chi connectivity index (χ3v) is 8.18. The van der Waals surface area contributed by atoms with Gasteiger partial charge in [-0.25, -0.2) is 4.98 Å². The van der Waals surface area contributed by atoms with Crippen molar-refractivity contribution in [2.45, 2.75) is 43.7 Å². The number of H-pyrrole nitrogens is 1. The summed E-state index contributed by atoms with van der Waals surface area (Å²) in [6, 6.07) is 4.41. The second kappa shape index (κ2) is 9.53. The number of hydrogen-bond acceptors (Lipinski definition) is 9. The Balaban J connectivity index is 1.07. The van der Waals surface area contributed by atoms with Crippen molar-refractivity contribution in [1.82, 2.24) is 30.2 Å². The van der Waals surface area contributed by atoms with Gasteiger partial charge in [-0.1, -0.05) is 0 Å². The normalized spacial score (nSPS) is 27.4. The predicted octanol–water partition coefficient (Wildman–Crippen LogP) is 2.06. The molecule has 0 aromatic carbocycles. The Bertz CT molecular complexity index is 1270. The summed E-state index contributed by atoms with van der Waals surface area (Å²) >= 11 is 0. The summed E-state index contributed by atoms with van der Waals surface area (Å²) in [5.74, 6) is 1.53. The summed E-state index contributed by atoms with van der Waals surface area (Å²) in [6.45, 7) is 4.07. The van der Waals surface area contributed by atoms with E-state index >= 15 is 0 Å². The number of ether oxygens (including phenoxy) is 3. The van der Waals surface area contributed by atoms with Gasteiger partial charge in [-0.15, -0.1) is 0 Å². The average Bonchev–Trinajstić information content (AvgIpc) is 3.47. The van der Waals surface area contributed by atoms with E-state index in [4.69, 9.17) is 14.2 Å². The van der Waals surface area contributed by atoms with Gasteiger partial charge in [0.05, 0.1) is 19.3 Å². The number of nitrogens with zero attached hydrogens (tertiary/aromatic N) is 5. The van der Waals surface area contributed by atoms with Crippen LogP contribution >= 0.6 is 0 Å². The highest BCUT2D eigenvalue weighted by molar-refractivity contribution is 5.91. The number of aromatic nitrogens is 5. The van der Waals surface area contributed by atoms with Crippen LogP contribution in [0.4, 0.5) is 5.95 Å². The van der Waals surface area contributed by atoms with Crippen molar-refractivity contribution in [2.24, 2.45) is 11.8 Å². The second-order valence-electron chi connectivity index (χ2n) is 10.5. The number of carbonyl (C=O) groups is 1. The largest absolute Gasteiger partial charge is 0.461 e. The number of piperidine rings is 1. The fourth-order valence-corrected chi connectivity index (χ4v) is 5.97. The van der Waals surface area contributed by atoms with Crippen LogP contribution in [0.15, 0.2) is 24.5 Å². The maximum absolute atomic E-state index is 13.1. The van der Waals surface area contributed by atoms with Crippen molar-refractivity contribution in [3.05, 3.63) is 35.9 Å². The van der Waals surface area contributed by atoms with E-state index in [0.717, 1.165) is 51.0 Å². The van der Waals surface area contributed by atoms with Crippen LogP contribution in [0.3, 0.4) is 0 Å². The van der Waals surface area contributed by atoms with E-state index in [-0.39, 0.29) is 29.9 Å². The number of fused-ring (bicyclic) bond motifs is 2. The molecule has 4 atom stereocenters. The van der Waals surface area contributed by atoms with Gasteiger partial charge < -0.3 is 29.4 Å². The Morgan fingerprint density at radius 1 is 1.16 bits per heavy atom. The third-order valence-electron chi connectivity index (χ3n) is 8.18. The van der Waals surface area contributed by atoms with Crippen molar-refractivity contribution in [2.75, 3.05) is 44.4 Å². The van der Waals surface area contributed by atoms with Crippen LogP contribution < -0.4 is 15.0 Å². The van der Waals surface area contributed by atoms with E-state index in [0.29, 0.717) is 43.5 Å². The molecule has 1 saturated carbocycles. The van der Waals surface area contributed by atoms with Crippen LogP contribution in [0.25, 0.3) is 11.0 Å².